The first-order valence-electron chi connectivity index (χ1n) is 14.6. The lowest BCUT2D eigenvalue weighted by Crippen LogP contribution is -2.27. The zero-order valence-electron chi connectivity index (χ0n) is 24.1. The molecule has 0 unspecified atom stereocenters. The van der Waals surface area contributed by atoms with Gasteiger partial charge in [-0.2, -0.15) is 0 Å². The zero-order valence-corrected chi connectivity index (χ0v) is 24.1. The van der Waals surface area contributed by atoms with Gasteiger partial charge < -0.3 is 15.2 Å². The van der Waals surface area contributed by atoms with Crippen molar-refractivity contribution in [3.05, 3.63) is 149 Å². The maximum Gasteiger partial charge on any atom is 0.304 e. The van der Waals surface area contributed by atoms with Crippen molar-refractivity contribution in [3.8, 4) is 5.75 Å². The van der Waals surface area contributed by atoms with Crippen LogP contribution in [0.25, 0.3) is 10.8 Å². The zero-order chi connectivity index (χ0) is 29.9. The quantitative estimate of drug-likeness (QED) is 0.107. The molecule has 0 bridgehead atoms. The molecule has 0 saturated carbocycles. The third kappa shape index (κ3) is 8.38. The summed E-state index contributed by atoms with van der Waals surface area (Å²) >= 11 is 0. The Morgan fingerprint density at radius 2 is 1.42 bits per heavy atom. The van der Waals surface area contributed by atoms with Crippen LogP contribution in [0, 0.1) is 0 Å². The average Bonchev–Trinajstić information content (AvgIpc) is 3.03. The highest BCUT2D eigenvalue weighted by atomic mass is 16.5. The van der Waals surface area contributed by atoms with Gasteiger partial charge in [0.05, 0.1) is 6.42 Å². The molecule has 5 rings (SSSR count). The fraction of sp³-hybridized carbons (Fsp3) is 0.189. The topological polar surface area (TPSA) is 78.9 Å². The van der Waals surface area contributed by atoms with Crippen molar-refractivity contribution in [2.24, 2.45) is 0 Å². The number of carboxylic acid groups (broad SMARTS) is 1. The van der Waals surface area contributed by atoms with E-state index in [4.69, 9.17) is 9.84 Å². The van der Waals surface area contributed by atoms with Gasteiger partial charge in [-0.05, 0) is 39.6 Å². The number of carbonyl (C=O) groups is 2. The molecule has 0 fully saturated rings. The van der Waals surface area contributed by atoms with Crippen molar-refractivity contribution in [1.29, 1.82) is 0 Å². The second-order valence-corrected chi connectivity index (χ2v) is 10.5. The summed E-state index contributed by atoms with van der Waals surface area (Å²) in [5, 5.41) is 14.0. The Labute approximate surface area is 252 Å². The number of rotatable bonds is 15. The van der Waals surface area contributed by atoms with Gasteiger partial charge in [0.1, 0.15) is 12.4 Å². The van der Waals surface area contributed by atoms with Crippen LogP contribution in [0.3, 0.4) is 0 Å². The molecule has 5 aromatic rings. The predicted molar refractivity (Wildman–Crippen MR) is 170 cm³/mol. The number of nitrogens with zero attached hydrogens (tertiary/aromatic N) is 1. The van der Waals surface area contributed by atoms with Gasteiger partial charge in [0.2, 0.25) is 0 Å². The molecule has 0 amide bonds. The normalized spacial score (nSPS) is 11.1. The summed E-state index contributed by atoms with van der Waals surface area (Å²) in [5.41, 5.74) is 4.49. The minimum Gasteiger partial charge on any atom is -0.492 e. The number of benzene rings is 5. The summed E-state index contributed by atoms with van der Waals surface area (Å²) in [6.07, 6.45) is 0.0182. The molecule has 43 heavy (non-hydrogen) atoms. The number of ether oxygens (including phenoxy) is 1. The lowest BCUT2D eigenvalue weighted by Gasteiger charge is -2.23. The molecule has 0 aliphatic carbocycles. The SMILES string of the molecule is O=C(O)CCNCc1ccc2ccccc2c1C(=O)c1cccc(OCCN(Cc2ccccc2)Cc2ccccc2)c1. The Morgan fingerprint density at radius 3 is 2.12 bits per heavy atom. The van der Waals surface area contributed by atoms with Crippen LogP contribution in [0.1, 0.15) is 39.0 Å². The summed E-state index contributed by atoms with van der Waals surface area (Å²) in [7, 11) is 0. The summed E-state index contributed by atoms with van der Waals surface area (Å²) in [6.45, 7) is 3.53. The molecule has 0 aliphatic heterocycles. The summed E-state index contributed by atoms with van der Waals surface area (Å²) in [5.74, 6) is -0.305. The summed E-state index contributed by atoms with van der Waals surface area (Å²) in [6, 6.07) is 40.0. The van der Waals surface area contributed by atoms with Gasteiger partial charge in [0.25, 0.3) is 0 Å². The molecule has 0 heterocycles. The highest BCUT2D eigenvalue weighted by molar-refractivity contribution is 6.17. The van der Waals surface area contributed by atoms with Gasteiger partial charge in [-0.3, -0.25) is 14.5 Å². The number of carboxylic acids is 1. The van der Waals surface area contributed by atoms with Gasteiger partial charge >= 0.3 is 5.97 Å². The third-order valence-electron chi connectivity index (χ3n) is 7.34. The van der Waals surface area contributed by atoms with E-state index in [-0.39, 0.29) is 12.2 Å². The Morgan fingerprint density at radius 1 is 0.744 bits per heavy atom. The molecule has 0 radical (unpaired) electrons. The number of carbonyl (C=O) groups excluding carboxylic acids is 1. The Kier molecular flexibility index (Phi) is 10.3. The van der Waals surface area contributed by atoms with E-state index in [0.29, 0.717) is 36.6 Å². The molecule has 6 heteroatoms. The second-order valence-electron chi connectivity index (χ2n) is 10.5. The molecule has 0 aromatic heterocycles. The standard InChI is InChI=1S/C37H36N2O4/c40-35(41)20-21-38-25-32-19-18-30-14-7-8-17-34(30)36(32)37(42)31-15-9-16-33(24-31)43-23-22-39(26-28-10-3-1-4-11-28)27-29-12-5-2-6-13-29/h1-19,24,38H,20-23,25-27H2,(H,40,41). The van der Waals surface area contributed by atoms with Crippen molar-refractivity contribution in [2.75, 3.05) is 19.7 Å². The number of hydrogen-bond acceptors (Lipinski definition) is 5. The van der Waals surface area contributed by atoms with E-state index in [1.54, 1.807) is 0 Å². The fourth-order valence-corrected chi connectivity index (χ4v) is 5.21. The Hall–Kier alpha value is -4.78. The molecule has 0 saturated heterocycles. The van der Waals surface area contributed by atoms with Crippen molar-refractivity contribution >= 4 is 22.5 Å². The average molecular weight is 573 g/mol. The largest absolute Gasteiger partial charge is 0.492 e. The molecule has 2 N–H and O–H groups in total. The van der Waals surface area contributed by atoms with Crippen molar-refractivity contribution in [3.63, 3.8) is 0 Å². The van der Waals surface area contributed by atoms with Gasteiger partial charge in [-0.25, -0.2) is 0 Å². The van der Waals surface area contributed by atoms with Crippen molar-refractivity contribution in [2.45, 2.75) is 26.1 Å². The summed E-state index contributed by atoms with van der Waals surface area (Å²) in [4.78, 5) is 27.3. The van der Waals surface area contributed by atoms with E-state index in [1.165, 1.54) is 11.1 Å². The predicted octanol–water partition coefficient (Wildman–Crippen LogP) is 6.72. The van der Waals surface area contributed by atoms with Gasteiger partial charge in [-0.15, -0.1) is 0 Å². The molecule has 0 spiro atoms. The second kappa shape index (κ2) is 14.9. The van der Waals surface area contributed by atoms with E-state index < -0.39 is 5.97 Å². The van der Waals surface area contributed by atoms with E-state index in [1.807, 2.05) is 72.8 Å². The lowest BCUT2D eigenvalue weighted by molar-refractivity contribution is -0.136. The highest BCUT2D eigenvalue weighted by Gasteiger charge is 2.18. The van der Waals surface area contributed by atoms with Crippen LogP contribution in [0.15, 0.2) is 121 Å². The van der Waals surface area contributed by atoms with Crippen LogP contribution in [-0.2, 0) is 24.4 Å². The molecule has 6 nitrogen and oxygen atoms in total. The minimum absolute atomic E-state index is 0.0182. The highest BCUT2D eigenvalue weighted by Crippen LogP contribution is 2.27. The molecular formula is C37H36N2O4. The van der Waals surface area contributed by atoms with Gasteiger partial charge in [-0.1, -0.05) is 109 Å². The van der Waals surface area contributed by atoms with Crippen LogP contribution < -0.4 is 10.1 Å². The molecule has 0 atom stereocenters. The maximum atomic E-state index is 14.0. The lowest BCUT2D eigenvalue weighted by atomic mass is 9.92. The smallest absolute Gasteiger partial charge is 0.304 e. The van der Waals surface area contributed by atoms with Crippen LogP contribution in [0.4, 0.5) is 0 Å². The van der Waals surface area contributed by atoms with Gasteiger partial charge in [0, 0.05) is 43.9 Å². The number of aliphatic carboxylic acids is 1. The summed E-state index contributed by atoms with van der Waals surface area (Å²) < 4.78 is 6.20. The number of hydrogen-bond donors (Lipinski definition) is 2. The number of fused-ring (bicyclic) bond motifs is 1. The molecule has 0 aliphatic rings. The van der Waals surface area contributed by atoms with Crippen molar-refractivity contribution < 1.29 is 19.4 Å². The maximum absolute atomic E-state index is 14.0. The van der Waals surface area contributed by atoms with E-state index in [2.05, 4.69) is 58.7 Å². The van der Waals surface area contributed by atoms with Crippen LogP contribution in [0.5, 0.6) is 5.75 Å². The monoisotopic (exact) mass is 572 g/mol. The first kappa shape index (κ1) is 29.7. The van der Waals surface area contributed by atoms with Crippen LogP contribution in [-0.4, -0.2) is 41.5 Å². The third-order valence-corrected chi connectivity index (χ3v) is 7.34. The fourth-order valence-electron chi connectivity index (χ4n) is 5.21. The molecule has 218 valence electrons. The van der Waals surface area contributed by atoms with Gasteiger partial charge in [0.15, 0.2) is 5.78 Å². The Balaban J connectivity index is 1.30. The first-order valence-corrected chi connectivity index (χ1v) is 14.6. The van der Waals surface area contributed by atoms with Crippen LogP contribution in [0.2, 0.25) is 0 Å². The van der Waals surface area contributed by atoms with Crippen molar-refractivity contribution in [1.82, 2.24) is 10.2 Å². The number of nitrogens with one attached hydrogen (secondary N) is 1. The first-order chi connectivity index (χ1) is 21.1. The molecular weight excluding hydrogens is 536 g/mol. The van der Waals surface area contributed by atoms with E-state index in [9.17, 15) is 9.59 Å². The molecule has 5 aromatic carbocycles. The number of ketones is 1. The Bertz CT molecular complexity index is 1610. The van der Waals surface area contributed by atoms with E-state index in [0.717, 1.165) is 36.0 Å². The minimum atomic E-state index is -0.859. The van der Waals surface area contributed by atoms with Crippen LogP contribution >= 0.6 is 0 Å². The van der Waals surface area contributed by atoms with E-state index >= 15 is 0 Å².